The topological polar surface area (TPSA) is 90.3 Å². The van der Waals surface area contributed by atoms with Gasteiger partial charge < -0.3 is 14.6 Å². The Morgan fingerprint density at radius 3 is 2.91 bits per heavy atom. The average Bonchev–Trinajstić information content (AvgIpc) is 3.13. The van der Waals surface area contributed by atoms with E-state index in [4.69, 9.17) is 4.74 Å². The minimum Gasteiger partial charge on any atom is -0.376 e. The SMILES string of the molecule is CS(=O)(=O)c1nc2ccccc2n1CC(=O)NC[C@H]1CCCO1. The lowest BCUT2D eigenvalue weighted by Gasteiger charge is -2.12. The van der Waals surface area contributed by atoms with E-state index in [1.807, 2.05) is 0 Å². The summed E-state index contributed by atoms with van der Waals surface area (Å²) in [5, 5.41) is 2.71. The molecule has 0 aliphatic carbocycles. The summed E-state index contributed by atoms with van der Waals surface area (Å²) in [6.07, 6.45) is 3.08. The molecule has 0 saturated carbocycles. The van der Waals surface area contributed by atoms with Gasteiger partial charge in [-0.15, -0.1) is 0 Å². The fourth-order valence-corrected chi connectivity index (χ4v) is 3.55. The highest BCUT2D eigenvalue weighted by atomic mass is 32.2. The number of ether oxygens (including phenoxy) is 1. The number of hydrogen-bond acceptors (Lipinski definition) is 5. The standard InChI is InChI=1S/C15H19N3O4S/c1-23(20,21)15-17-12-6-2-3-7-13(12)18(15)10-14(19)16-9-11-5-4-8-22-11/h2-3,6-7,11H,4-5,8-10H2,1H3,(H,16,19)/t11-/m1/s1. The molecule has 1 aromatic heterocycles. The van der Waals surface area contributed by atoms with Crippen LogP contribution in [0.3, 0.4) is 0 Å². The number of carbonyl (C=O) groups is 1. The Balaban J connectivity index is 1.82. The van der Waals surface area contributed by atoms with E-state index in [1.165, 1.54) is 4.57 Å². The predicted molar refractivity (Wildman–Crippen MR) is 84.8 cm³/mol. The van der Waals surface area contributed by atoms with Gasteiger partial charge in [-0.05, 0) is 25.0 Å². The van der Waals surface area contributed by atoms with Crippen LogP contribution in [0, 0.1) is 0 Å². The number of imidazole rings is 1. The van der Waals surface area contributed by atoms with Gasteiger partial charge in [0, 0.05) is 19.4 Å². The summed E-state index contributed by atoms with van der Waals surface area (Å²) in [6, 6.07) is 7.05. The molecule has 1 aliphatic rings. The van der Waals surface area contributed by atoms with Gasteiger partial charge in [0.05, 0.1) is 17.1 Å². The molecule has 8 heteroatoms. The first-order valence-corrected chi connectivity index (χ1v) is 9.38. The molecule has 1 fully saturated rings. The van der Waals surface area contributed by atoms with Crippen molar-refractivity contribution < 1.29 is 17.9 Å². The van der Waals surface area contributed by atoms with Gasteiger partial charge in [0.2, 0.25) is 20.9 Å². The number of carbonyl (C=O) groups excluding carboxylic acids is 1. The van der Waals surface area contributed by atoms with Crippen LogP contribution >= 0.6 is 0 Å². The molecule has 1 saturated heterocycles. The van der Waals surface area contributed by atoms with Crippen LogP contribution in [0.25, 0.3) is 11.0 Å². The first-order valence-electron chi connectivity index (χ1n) is 7.49. The van der Waals surface area contributed by atoms with Crippen LogP contribution in [-0.4, -0.2) is 49.4 Å². The minimum atomic E-state index is -3.52. The smallest absolute Gasteiger partial charge is 0.240 e. The molecule has 0 radical (unpaired) electrons. The van der Waals surface area contributed by atoms with Crippen LogP contribution in [0.2, 0.25) is 0 Å². The maximum Gasteiger partial charge on any atom is 0.240 e. The molecule has 0 unspecified atom stereocenters. The monoisotopic (exact) mass is 337 g/mol. The molecule has 3 rings (SSSR count). The van der Waals surface area contributed by atoms with Gasteiger partial charge in [-0.3, -0.25) is 4.79 Å². The summed E-state index contributed by atoms with van der Waals surface area (Å²) in [5.74, 6) is -0.256. The van der Waals surface area contributed by atoms with E-state index < -0.39 is 9.84 Å². The van der Waals surface area contributed by atoms with Crippen molar-refractivity contribution >= 4 is 26.8 Å². The number of aromatic nitrogens is 2. The number of nitrogens with one attached hydrogen (secondary N) is 1. The highest BCUT2D eigenvalue weighted by Crippen LogP contribution is 2.19. The summed E-state index contributed by atoms with van der Waals surface area (Å²) in [4.78, 5) is 16.3. The molecule has 1 N–H and O–H groups in total. The summed E-state index contributed by atoms with van der Waals surface area (Å²) >= 11 is 0. The van der Waals surface area contributed by atoms with E-state index in [2.05, 4.69) is 10.3 Å². The molecule has 124 valence electrons. The zero-order valence-electron chi connectivity index (χ0n) is 12.9. The predicted octanol–water partition coefficient (Wildman–Crippen LogP) is 0.735. The lowest BCUT2D eigenvalue weighted by atomic mass is 10.2. The van der Waals surface area contributed by atoms with Gasteiger partial charge in [0.1, 0.15) is 6.54 Å². The van der Waals surface area contributed by atoms with Gasteiger partial charge in [-0.2, -0.15) is 0 Å². The highest BCUT2D eigenvalue weighted by Gasteiger charge is 2.22. The summed E-state index contributed by atoms with van der Waals surface area (Å²) in [5.41, 5.74) is 1.18. The van der Waals surface area contributed by atoms with Crippen molar-refractivity contribution in [1.29, 1.82) is 0 Å². The molecule has 0 bridgehead atoms. The van der Waals surface area contributed by atoms with E-state index in [-0.39, 0.29) is 23.7 Å². The number of rotatable bonds is 5. The second-order valence-electron chi connectivity index (χ2n) is 5.68. The lowest BCUT2D eigenvalue weighted by molar-refractivity contribution is -0.122. The molecule has 1 aromatic carbocycles. The molecule has 23 heavy (non-hydrogen) atoms. The molecular weight excluding hydrogens is 318 g/mol. The Labute approximate surface area is 134 Å². The van der Waals surface area contributed by atoms with Crippen molar-refractivity contribution in [2.75, 3.05) is 19.4 Å². The first kappa shape index (κ1) is 15.9. The summed E-state index contributed by atoms with van der Waals surface area (Å²) in [7, 11) is -3.52. The van der Waals surface area contributed by atoms with Crippen LogP contribution in [0.5, 0.6) is 0 Å². The molecule has 2 heterocycles. The lowest BCUT2D eigenvalue weighted by Crippen LogP contribution is -2.34. The van der Waals surface area contributed by atoms with Gasteiger partial charge >= 0.3 is 0 Å². The molecule has 0 spiro atoms. The number of fused-ring (bicyclic) bond motifs is 1. The fourth-order valence-electron chi connectivity index (χ4n) is 2.72. The third kappa shape index (κ3) is 3.53. The van der Waals surface area contributed by atoms with Crippen molar-refractivity contribution in [1.82, 2.24) is 14.9 Å². The number of amides is 1. The maximum atomic E-state index is 12.2. The van der Waals surface area contributed by atoms with Crippen molar-refractivity contribution in [3.05, 3.63) is 24.3 Å². The Bertz CT molecular complexity index is 822. The van der Waals surface area contributed by atoms with Crippen molar-refractivity contribution in [3.8, 4) is 0 Å². The molecular formula is C15H19N3O4S. The van der Waals surface area contributed by atoms with Crippen molar-refractivity contribution in [3.63, 3.8) is 0 Å². The summed E-state index contributed by atoms with van der Waals surface area (Å²) < 4.78 is 30.8. The molecule has 1 aliphatic heterocycles. The molecule has 7 nitrogen and oxygen atoms in total. The van der Waals surface area contributed by atoms with Crippen molar-refractivity contribution in [2.24, 2.45) is 0 Å². The van der Waals surface area contributed by atoms with Crippen LogP contribution in [0.1, 0.15) is 12.8 Å². The van der Waals surface area contributed by atoms with Crippen LogP contribution in [0.15, 0.2) is 29.4 Å². The van der Waals surface area contributed by atoms with Gasteiger partial charge in [0.15, 0.2) is 0 Å². The Hall–Kier alpha value is -1.93. The zero-order chi connectivity index (χ0) is 16.4. The zero-order valence-corrected chi connectivity index (χ0v) is 13.7. The second-order valence-corrected chi connectivity index (χ2v) is 7.59. The third-order valence-corrected chi connectivity index (χ3v) is 4.78. The summed E-state index contributed by atoms with van der Waals surface area (Å²) in [6.45, 7) is 1.08. The molecule has 2 aromatic rings. The quantitative estimate of drug-likeness (QED) is 0.869. The maximum absolute atomic E-state index is 12.2. The number of benzene rings is 1. The van der Waals surface area contributed by atoms with E-state index in [1.54, 1.807) is 24.3 Å². The number of sulfone groups is 1. The normalized spacial score (nSPS) is 18.4. The Morgan fingerprint density at radius 1 is 1.43 bits per heavy atom. The Kier molecular flexibility index (Phi) is 4.36. The number of para-hydroxylation sites is 2. The van der Waals surface area contributed by atoms with E-state index >= 15 is 0 Å². The van der Waals surface area contributed by atoms with Gasteiger partial charge in [-0.1, -0.05) is 12.1 Å². The number of nitrogens with zero attached hydrogens (tertiary/aromatic N) is 2. The highest BCUT2D eigenvalue weighted by molar-refractivity contribution is 7.90. The molecule has 1 atom stereocenters. The fraction of sp³-hybridized carbons (Fsp3) is 0.467. The second kappa shape index (κ2) is 6.29. The molecule has 1 amide bonds. The average molecular weight is 337 g/mol. The van der Waals surface area contributed by atoms with E-state index in [9.17, 15) is 13.2 Å². The van der Waals surface area contributed by atoms with Gasteiger partial charge in [-0.25, -0.2) is 13.4 Å². The van der Waals surface area contributed by atoms with E-state index in [0.29, 0.717) is 17.6 Å². The van der Waals surface area contributed by atoms with Crippen LogP contribution < -0.4 is 5.32 Å². The van der Waals surface area contributed by atoms with E-state index in [0.717, 1.165) is 25.7 Å². The Morgan fingerprint density at radius 2 is 2.22 bits per heavy atom. The first-order chi connectivity index (χ1) is 10.9. The van der Waals surface area contributed by atoms with Crippen LogP contribution in [-0.2, 0) is 25.9 Å². The largest absolute Gasteiger partial charge is 0.376 e. The van der Waals surface area contributed by atoms with Crippen LogP contribution in [0.4, 0.5) is 0 Å². The number of hydrogen-bond donors (Lipinski definition) is 1. The van der Waals surface area contributed by atoms with Crippen molar-refractivity contribution in [2.45, 2.75) is 30.6 Å². The van der Waals surface area contributed by atoms with Gasteiger partial charge in [0.25, 0.3) is 0 Å². The minimum absolute atomic E-state index is 0.0489. The third-order valence-electron chi connectivity index (χ3n) is 3.80.